The standard InChI is InChI=1S/C15H21NO2/c1-3-9-18-12-7-5-11(6-8-12)13-10-15(17)16-14(13)4-2/h5-8,13-14H,3-4,9-10H2,1-2H3,(H,16,17). The SMILES string of the molecule is CCCOc1ccc(C2CC(=O)NC2CC)cc1. The highest BCUT2D eigenvalue weighted by Crippen LogP contribution is 2.31. The molecule has 0 aromatic heterocycles. The molecule has 0 saturated carbocycles. The van der Waals surface area contributed by atoms with Crippen LogP contribution in [0.5, 0.6) is 5.75 Å². The highest BCUT2D eigenvalue weighted by atomic mass is 16.5. The second-order valence-corrected chi connectivity index (χ2v) is 4.81. The van der Waals surface area contributed by atoms with Gasteiger partial charge in [0, 0.05) is 18.4 Å². The van der Waals surface area contributed by atoms with Gasteiger partial charge in [-0.15, -0.1) is 0 Å². The number of hydrogen-bond donors (Lipinski definition) is 1. The molecule has 1 saturated heterocycles. The quantitative estimate of drug-likeness (QED) is 0.869. The average Bonchev–Trinajstić information content (AvgIpc) is 2.78. The van der Waals surface area contributed by atoms with Crippen LogP contribution in [0, 0.1) is 0 Å². The van der Waals surface area contributed by atoms with Crippen LogP contribution < -0.4 is 10.1 Å². The molecular weight excluding hydrogens is 226 g/mol. The molecule has 0 radical (unpaired) electrons. The molecule has 1 heterocycles. The molecule has 1 fully saturated rings. The topological polar surface area (TPSA) is 38.3 Å². The van der Waals surface area contributed by atoms with Gasteiger partial charge in [-0.2, -0.15) is 0 Å². The van der Waals surface area contributed by atoms with Crippen molar-refractivity contribution in [2.24, 2.45) is 0 Å². The average molecular weight is 247 g/mol. The molecule has 0 bridgehead atoms. The fourth-order valence-electron chi connectivity index (χ4n) is 2.48. The van der Waals surface area contributed by atoms with E-state index in [9.17, 15) is 4.79 Å². The molecule has 1 N–H and O–H groups in total. The Kier molecular flexibility index (Phi) is 4.24. The number of carbonyl (C=O) groups is 1. The van der Waals surface area contributed by atoms with Gasteiger partial charge in [0.15, 0.2) is 0 Å². The van der Waals surface area contributed by atoms with Crippen LogP contribution in [0.2, 0.25) is 0 Å². The van der Waals surface area contributed by atoms with Crippen LogP contribution in [0.1, 0.15) is 44.6 Å². The zero-order chi connectivity index (χ0) is 13.0. The van der Waals surface area contributed by atoms with E-state index in [1.807, 2.05) is 12.1 Å². The molecule has 1 aliphatic rings. The molecule has 98 valence electrons. The molecule has 0 spiro atoms. The van der Waals surface area contributed by atoms with Crippen LogP contribution >= 0.6 is 0 Å². The van der Waals surface area contributed by atoms with Crippen LogP contribution in [-0.4, -0.2) is 18.6 Å². The van der Waals surface area contributed by atoms with E-state index in [1.54, 1.807) is 0 Å². The summed E-state index contributed by atoms with van der Waals surface area (Å²) in [5, 5.41) is 3.03. The second kappa shape index (κ2) is 5.89. The highest BCUT2D eigenvalue weighted by Gasteiger charge is 2.31. The van der Waals surface area contributed by atoms with Gasteiger partial charge in [0.25, 0.3) is 0 Å². The third-order valence-electron chi connectivity index (χ3n) is 3.46. The fourth-order valence-corrected chi connectivity index (χ4v) is 2.48. The zero-order valence-electron chi connectivity index (χ0n) is 11.1. The molecule has 1 amide bonds. The van der Waals surface area contributed by atoms with Crippen LogP contribution in [-0.2, 0) is 4.79 Å². The maximum Gasteiger partial charge on any atom is 0.220 e. The predicted octanol–water partition coefficient (Wildman–Crippen LogP) is 2.86. The van der Waals surface area contributed by atoms with Gasteiger partial charge in [0.05, 0.1) is 6.61 Å². The molecule has 1 aromatic carbocycles. The van der Waals surface area contributed by atoms with E-state index in [1.165, 1.54) is 5.56 Å². The number of carbonyl (C=O) groups excluding carboxylic acids is 1. The maximum absolute atomic E-state index is 11.5. The lowest BCUT2D eigenvalue weighted by Crippen LogP contribution is -2.27. The Labute approximate surface area is 109 Å². The number of amides is 1. The Morgan fingerprint density at radius 2 is 2.00 bits per heavy atom. The van der Waals surface area contributed by atoms with Crippen LogP contribution in [0.3, 0.4) is 0 Å². The molecule has 2 unspecified atom stereocenters. The van der Waals surface area contributed by atoms with Crippen molar-refractivity contribution in [1.82, 2.24) is 5.32 Å². The minimum atomic E-state index is 0.165. The summed E-state index contributed by atoms with van der Waals surface area (Å²) in [5.41, 5.74) is 1.23. The smallest absolute Gasteiger partial charge is 0.220 e. The van der Waals surface area contributed by atoms with E-state index in [0.29, 0.717) is 12.3 Å². The monoisotopic (exact) mass is 247 g/mol. The van der Waals surface area contributed by atoms with Gasteiger partial charge in [0.2, 0.25) is 5.91 Å². The van der Waals surface area contributed by atoms with Gasteiger partial charge in [-0.05, 0) is 30.5 Å². The Morgan fingerprint density at radius 3 is 2.61 bits per heavy atom. The predicted molar refractivity (Wildman–Crippen MR) is 71.8 cm³/mol. The third-order valence-corrected chi connectivity index (χ3v) is 3.46. The molecule has 1 aliphatic heterocycles. The van der Waals surface area contributed by atoms with Crippen molar-refractivity contribution in [2.75, 3.05) is 6.61 Å². The highest BCUT2D eigenvalue weighted by molar-refractivity contribution is 5.80. The molecule has 2 atom stereocenters. The largest absolute Gasteiger partial charge is 0.494 e. The summed E-state index contributed by atoms with van der Waals surface area (Å²) in [6.07, 6.45) is 2.60. The summed E-state index contributed by atoms with van der Waals surface area (Å²) in [6.45, 7) is 4.96. The number of ether oxygens (including phenoxy) is 1. The fraction of sp³-hybridized carbons (Fsp3) is 0.533. The minimum absolute atomic E-state index is 0.165. The van der Waals surface area contributed by atoms with Gasteiger partial charge in [0.1, 0.15) is 5.75 Å². The second-order valence-electron chi connectivity index (χ2n) is 4.81. The van der Waals surface area contributed by atoms with Crippen LogP contribution in [0.15, 0.2) is 24.3 Å². The van der Waals surface area contributed by atoms with Gasteiger partial charge in [-0.3, -0.25) is 4.79 Å². The lowest BCUT2D eigenvalue weighted by molar-refractivity contribution is -0.119. The van der Waals surface area contributed by atoms with Crippen molar-refractivity contribution < 1.29 is 9.53 Å². The van der Waals surface area contributed by atoms with E-state index >= 15 is 0 Å². The first-order chi connectivity index (χ1) is 8.74. The Balaban J connectivity index is 2.06. The zero-order valence-corrected chi connectivity index (χ0v) is 11.1. The van der Waals surface area contributed by atoms with Gasteiger partial charge in [-0.25, -0.2) is 0 Å². The van der Waals surface area contributed by atoms with Gasteiger partial charge >= 0.3 is 0 Å². The number of rotatable bonds is 5. The number of hydrogen-bond acceptors (Lipinski definition) is 2. The molecule has 1 aromatic rings. The van der Waals surface area contributed by atoms with E-state index < -0.39 is 0 Å². The van der Waals surface area contributed by atoms with Crippen molar-refractivity contribution >= 4 is 5.91 Å². The summed E-state index contributed by atoms with van der Waals surface area (Å²) < 4.78 is 5.56. The molecule has 0 aliphatic carbocycles. The summed E-state index contributed by atoms with van der Waals surface area (Å²) in [7, 11) is 0. The van der Waals surface area contributed by atoms with E-state index in [2.05, 4.69) is 31.3 Å². The van der Waals surface area contributed by atoms with Crippen molar-refractivity contribution in [3.8, 4) is 5.75 Å². The Morgan fingerprint density at radius 1 is 1.28 bits per heavy atom. The third kappa shape index (κ3) is 2.84. The summed E-state index contributed by atoms with van der Waals surface area (Å²) in [6, 6.07) is 8.44. The van der Waals surface area contributed by atoms with Crippen molar-refractivity contribution in [3.05, 3.63) is 29.8 Å². The Bertz CT molecular complexity index is 399. The van der Waals surface area contributed by atoms with Crippen molar-refractivity contribution in [2.45, 2.75) is 45.1 Å². The first kappa shape index (κ1) is 12.9. The molecule has 3 heteroatoms. The minimum Gasteiger partial charge on any atom is -0.494 e. The lowest BCUT2D eigenvalue weighted by atomic mass is 9.90. The normalized spacial score (nSPS) is 22.9. The molecule has 18 heavy (non-hydrogen) atoms. The van der Waals surface area contributed by atoms with Crippen LogP contribution in [0.25, 0.3) is 0 Å². The summed E-state index contributed by atoms with van der Waals surface area (Å²) >= 11 is 0. The molecule has 3 nitrogen and oxygen atoms in total. The number of nitrogens with one attached hydrogen (secondary N) is 1. The first-order valence-electron chi connectivity index (χ1n) is 6.76. The summed E-state index contributed by atoms with van der Waals surface area (Å²) in [4.78, 5) is 11.5. The van der Waals surface area contributed by atoms with E-state index in [4.69, 9.17) is 4.74 Å². The lowest BCUT2D eigenvalue weighted by Gasteiger charge is -2.17. The first-order valence-corrected chi connectivity index (χ1v) is 6.76. The van der Waals surface area contributed by atoms with Gasteiger partial charge in [-0.1, -0.05) is 26.0 Å². The van der Waals surface area contributed by atoms with Crippen molar-refractivity contribution in [3.63, 3.8) is 0 Å². The maximum atomic E-state index is 11.5. The summed E-state index contributed by atoms with van der Waals surface area (Å²) in [5.74, 6) is 1.38. The molecule has 2 rings (SSSR count). The van der Waals surface area contributed by atoms with E-state index in [-0.39, 0.29) is 11.9 Å². The van der Waals surface area contributed by atoms with Gasteiger partial charge < -0.3 is 10.1 Å². The van der Waals surface area contributed by atoms with E-state index in [0.717, 1.165) is 25.2 Å². The Hall–Kier alpha value is -1.51. The van der Waals surface area contributed by atoms with Crippen molar-refractivity contribution in [1.29, 1.82) is 0 Å². The molecular formula is C15H21NO2. The van der Waals surface area contributed by atoms with Crippen LogP contribution in [0.4, 0.5) is 0 Å². The number of benzene rings is 1.